The van der Waals surface area contributed by atoms with Gasteiger partial charge >= 0.3 is 0 Å². The summed E-state index contributed by atoms with van der Waals surface area (Å²) in [6, 6.07) is 10.2. The molecular formula is C22H27N5O3. The molecule has 8 nitrogen and oxygen atoms in total. The number of hydrogen-bond donors (Lipinski definition) is 1. The summed E-state index contributed by atoms with van der Waals surface area (Å²) in [5, 5.41) is 3.71. The Labute approximate surface area is 175 Å². The number of rotatable bonds is 7. The third-order valence-corrected chi connectivity index (χ3v) is 5.33. The average Bonchev–Trinajstić information content (AvgIpc) is 3.13. The number of fused-ring (bicyclic) bond motifs is 1. The van der Waals surface area contributed by atoms with Crippen LogP contribution in [0.4, 0.5) is 11.5 Å². The number of hydrogen-bond acceptors (Lipinski definition) is 7. The molecule has 1 aliphatic heterocycles. The van der Waals surface area contributed by atoms with Crippen LogP contribution in [0.5, 0.6) is 0 Å². The Kier molecular flexibility index (Phi) is 6.13. The van der Waals surface area contributed by atoms with Crippen molar-refractivity contribution in [3.63, 3.8) is 0 Å². The topological polar surface area (TPSA) is 83.7 Å². The zero-order chi connectivity index (χ0) is 20.9. The molecule has 0 atom stereocenters. The number of aryl methyl sites for hydroxylation is 1. The molecule has 3 aromatic rings. The first kappa shape index (κ1) is 20.2. The lowest BCUT2D eigenvalue weighted by molar-refractivity contribution is 0.0953. The Hall–Kier alpha value is -3.13. The Morgan fingerprint density at radius 3 is 2.73 bits per heavy atom. The highest BCUT2D eigenvalue weighted by Gasteiger charge is 2.25. The van der Waals surface area contributed by atoms with Gasteiger partial charge in [-0.2, -0.15) is 0 Å². The quantitative estimate of drug-likeness (QED) is 0.601. The Bertz CT molecular complexity index is 999. The summed E-state index contributed by atoms with van der Waals surface area (Å²) in [5.74, 6) is 1.13. The summed E-state index contributed by atoms with van der Waals surface area (Å²) in [7, 11) is 2.05. The molecule has 0 saturated carbocycles. The fraction of sp³-hybridized carbons (Fsp3) is 0.409. The predicted molar refractivity (Wildman–Crippen MR) is 116 cm³/mol. The molecule has 0 bridgehead atoms. The number of furan rings is 1. The first-order chi connectivity index (χ1) is 14.6. The summed E-state index contributed by atoms with van der Waals surface area (Å²) in [4.78, 5) is 26.0. The molecule has 8 heteroatoms. The van der Waals surface area contributed by atoms with Gasteiger partial charge in [0, 0.05) is 38.9 Å². The fourth-order valence-corrected chi connectivity index (χ4v) is 3.74. The first-order valence-corrected chi connectivity index (χ1v) is 10.3. The van der Waals surface area contributed by atoms with Crippen LogP contribution in [0.15, 0.2) is 41.1 Å². The van der Waals surface area contributed by atoms with E-state index in [0.717, 1.165) is 37.6 Å². The number of para-hydroxylation sites is 1. The number of benzene rings is 1. The summed E-state index contributed by atoms with van der Waals surface area (Å²) < 4.78 is 11.2. The zero-order valence-electron chi connectivity index (χ0n) is 17.4. The lowest BCUT2D eigenvalue weighted by Crippen LogP contribution is -2.37. The van der Waals surface area contributed by atoms with Crippen LogP contribution in [0, 0.1) is 6.92 Å². The molecule has 4 rings (SSSR count). The standard InChI is InChI=1S/C22H27N5O3/c1-16-18(21(28)23-9-6-10-26(2)17-7-4-3-5-8-17)19-20(24-15-25-22(19)30-16)27-11-13-29-14-12-27/h3-5,7-8,15H,6,9-14H2,1-2H3,(H,23,28). The number of ether oxygens (including phenoxy) is 1. The van der Waals surface area contributed by atoms with Gasteiger partial charge in [0.05, 0.1) is 24.2 Å². The number of carbonyl (C=O) groups is 1. The van der Waals surface area contributed by atoms with Crippen molar-refractivity contribution in [3.8, 4) is 0 Å². The SMILES string of the molecule is Cc1oc2ncnc(N3CCOCC3)c2c1C(=O)NCCCN(C)c1ccccc1. The molecule has 1 N–H and O–H groups in total. The molecule has 0 unspecified atom stereocenters. The predicted octanol–water partition coefficient (Wildman–Crippen LogP) is 2.62. The number of nitrogens with one attached hydrogen (secondary N) is 1. The molecule has 1 aliphatic rings. The molecule has 0 aliphatic carbocycles. The van der Waals surface area contributed by atoms with Crippen molar-refractivity contribution in [2.24, 2.45) is 0 Å². The smallest absolute Gasteiger partial charge is 0.255 e. The minimum Gasteiger partial charge on any atom is -0.442 e. The number of morpholine rings is 1. The van der Waals surface area contributed by atoms with Crippen LogP contribution in [-0.4, -0.2) is 62.3 Å². The van der Waals surface area contributed by atoms with Gasteiger partial charge in [-0.1, -0.05) is 18.2 Å². The lowest BCUT2D eigenvalue weighted by Gasteiger charge is -2.28. The molecular weight excluding hydrogens is 382 g/mol. The van der Waals surface area contributed by atoms with Crippen LogP contribution < -0.4 is 15.1 Å². The molecule has 158 valence electrons. The van der Waals surface area contributed by atoms with E-state index < -0.39 is 0 Å². The highest BCUT2D eigenvalue weighted by Crippen LogP contribution is 2.31. The summed E-state index contributed by atoms with van der Waals surface area (Å²) in [6.45, 7) is 5.94. The molecule has 1 saturated heterocycles. The molecule has 3 heterocycles. The summed E-state index contributed by atoms with van der Waals surface area (Å²) in [6.07, 6.45) is 2.32. The Balaban J connectivity index is 1.44. The van der Waals surface area contributed by atoms with Crippen LogP contribution in [0.1, 0.15) is 22.5 Å². The van der Waals surface area contributed by atoms with E-state index in [1.165, 1.54) is 6.33 Å². The Morgan fingerprint density at radius 1 is 1.20 bits per heavy atom. The summed E-state index contributed by atoms with van der Waals surface area (Å²) >= 11 is 0. The van der Waals surface area contributed by atoms with E-state index >= 15 is 0 Å². The number of amides is 1. The van der Waals surface area contributed by atoms with Gasteiger partial charge < -0.3 is 24.3 Å². The number of carbonyl (C=O) groups excluding carboxylic acids is 1. The molecule has 1 fully saturated rings. The van der Waals surface area contributed by atoms with Crippen LogP contribution in [0.3, 0.4) is 0 Å². The number of anilines is 2. The maximum atomic E-state index is 13.0. The maximum absolute atomic E-state index is 13.0. The fourth-order valence-electron chi connectivity index (χ4n) is 3.74. The largest absolute Gasteiger partial charge is 0.442 e. The van der Waals surface area contributed by atoms with E-state index in [1.807, 2.05) is 18.2 Å². The van der Waals surface area contributed by atoms with E-state index in [9.17, 15) is 4.79 Å². The minimum absolute atomic E-state index is 0.155. The average molecular weight is 409 g/mol. The normalized spacial score (nSPS) is 14.1. The van der Waals surface area contributed by atoms with Gasteiger partial charge in [0.1, 0.15) is 17.9 Å². The van der Waals surface area contributed by atoms with Crippen LogP contribution in [0.2, 0.25) is 0 Å². The van der Waals surface area contributed by atoms with Crippen molar-refractivity contribution >= 4 is 28.5 Å². The van der Waals surface area contributed by atoms with E-state index in [1.54, 1.807) is 6.92 Å². The highest BCUT2D eigenvalue weighted by molar-refractivity contribution is 6.10. The van der Waals surface area contributed by atoms with Crippen molar-refractivity contribution in [2.75, 3.05) is 56.2 Å². The van der Waals surface area contributed by atoms with Gasteiger partial charge in [0.2, 0.25) is 5.71 Å². The molecule has 30 heavy (non-hydrogen) atoms. The number of nitrogens with zero attached hydrogens (tertiary/aromatic N) is 4. The highest BCUT2D eigenvalue weighted by atomic mass is 16.5. The van der Waals surface area contributed by atoms with E-state index in [-0.39, 0.29) is 5.91 Å². The van der Waals surface area contributed by atoms with Crippen LogP contribution in [0.25, 0.3) is 11.1 Å². The Morgan fingerprint density at radius 2 is 1.97 bits per heavy atom. The second kappa shape index (κ2) is 9.13. The van der Waals surface area contributed by atoms with Crippen molar-refractivity contribution in [2.45, 2.75) is 13.3 Å². The minimum atomic E-state index is -0.155. The number of aromatic nitrogens is 2. The zero-order valence-corrected chi connectivity index (χ0v) is 17.4. The maximum Gasteiger partial charge on any atom is 0.255 e. The third kappa shape index (κ3) is 4.23. The first-order valence-electron chi connectivity index (χ1n) is 10.3. The van der Waals surface area contributed by atoms with Gasteiger partial charge in [-0.3, -0.25) is 4.79 Å². The van der Waals surface area contributed by atoms with Gasteiger partial charge in [0.15, 0.2) is 0 Å². The molecule has 2 aromatic heterocycles. The molecule has 0 radical (unpaired) electrons. The van der Waals surface area contributed by atoms with Crippen molar-refractivity contribution in [3.05, 3.63) is 48.0 Å². The van der Waals surface area contributed by atoms with E-state index in [0.29, 0.717) is 42.2 Å². The monoisotopic (exact) mass is 409 g/mol. The van der Waals surface area contributed by atoms with Crippen molar-refractivity contribution < 1.29 is 13.9 Å². The second-order valence-electron chi connectivity index (χ2n) is 7.38. The van der Waals surface area contributed by atoms with Crippen molar-refractivity contribution in [1.29, 1.82) is 0 Å². The lowest BCUT2D eigenvalue weighted by atomic mass is 10.1. The second-order valence-corrected chi connectivity index (χ2v) is 7.38. The van der Waals surface area contributed by atoms with Crippen molar-refractivity contribution in [1.82, 2.24) is 15.3 Å². The third-order valence-electron chi connectivity index (χ3n) is 5.33. The van der Waals surface area contributed by atoms with Crippen LogP contribution in [-0.2, 0) is 4.74 Å². The van der Waals surface area contributed by atoms with Gasteiger partial charge in [-0.25, -0.2) is 9.97 Å². The molecule has 0 spiro atoms. The molecule has 1 aromatic carbocycles. The molecule has 1 amide bonds. The summed E-state index contributed by atoms with van der Waals surface area (Å²) in [5.41, 5.74) is 2.12. The van der Waals surface area contributed by atoms with Gasteiger partial charge in [-0.05, 0) is 25.5 Å². The van der Waals surface area contributed by atoms with Gasteiger partial charge in [-0.15, -0.1) is 0 Å². The van der Waals surface area contributed by atoms with E-state index in [2.05, 4.69) is 44.3 Å². The van der Waals surface area contributed by atoms with Gasteiger partial charge in [0.25, 0.3) is 5.91 Å². The van der Waals surface area contributed by atoms with Crippen LogP contribution >= 0.6 is 0 Å². The van der Waals surface area contributed by atoms with E-state index in [4.69, 9.17) is 9.15 Å².